The summed E-state index contributed by atoms with van der Waals surface area (Å²) < 4.78 is 18.4. The van der Waals surface area contributed by atoms with Crippen molar-refractivity contribution in [1.82, 2.24) is 0 Å². The Balaban J connectivity index is 1.69. The Labute approximate surface area is 179 Å². The number of carbonyl (C=O) groups is 2. The van der Waals surface area contributed by atoms with Crippen molar-refractivity contribution >= 4 is 23.6 Å². The molecule has 0 unspecified atom stereocenters. The molecule has 3 aromatic rings. The Bertz CT molecular complexity index is 1160. The third-order valence-electron chi connectivity index (χ3n) is 4.57. The first-order valence-corrected chi connectivity index (χ1v) is 9.44. The van der Waals surface area contributed by atoms with Crippen molar-refractivity contribution in [1.29, 1.82) is 5.26 Å². The minimum Gasteiger partial charge on any atom is -0.465 e. The van der Waals surface area contributed by atoms with E-state index in [-0.39, 0.29) is 11.4 Å². The Hall–Kier alpha value is -4.24. The molecule has 3 aromatic carbocycles. The second-order valence-electron chi connectivity index (χ2n) is 6.70. The average molecular weight is 414 g/mol. The zero-order valence-corrected chi connectivity index (χ0v) is 16.8. The first-order chi connectivity index (χ1) is 15.0. The summed E-state index contributed by atoms with van der Waals surface area (Å²) in [5.41, 5.74) is 2.91. The predicted octanol–water partition coefficient (Wildman–Crippen LogP) is 4.75. The van der Waals surface area contributed by atoms with Gasteiger partial charge in [0.25, 0.3) is 5.91 Å². The standard InChI is InChI=1S/C25H19FN2O3/c1-31-25(30)19-10-12-22(13-11-19)28-24(29)21(16-27)15-18-8-6-17(7-9-18)14-20-4-2-3-5-23(20)26/h2-13,15H,14H2,1H3,(H,28,29)/b21-15+. The number of methoxy groups -OCH3 is 1. The van der Waals surface area contributed by atoms with Gasteiger partial charge in [-0.15, -0.1) is 0 Å². The van der Waals surface area contributed by atoms with Crippen LogP contribution in [0.4, 0.5) is 10.1 Å². The van der Waals surface area contributed by atoms with Gasteiger partial charge in [-0.25, -0.2) is 9.18 Å². The molecule has 0 aliphatic heterocycles. The van der Waals surface area contributed by atoms with Crippen molar-refractivity contribution in [3.05, 3.63) is 106 Å². The van der Waals surface area contributed by atoms with E-state index in [2.05, 4.69) is 10.1 Å². The smallest absolute Gasteiger partial charge is 0.337 e. The maximum atomic E-state index is 13.8. The molecule has 1 N–H and O–H groups in total. The summed E-state index contributed by atoms with van der Waals surface area (Å²) in [7, 11) is 1.29. The first kappa shape index (κ1) is 21.5. The molecule has 6 heteroatoms. The van der Waals surface area contributed by atoms with E-state index in [1.54, 1.807) is 42.5 Å². The molecule has 0 fully saturated rings. The van der Waals surface area contributed by atoms with E-state index in [4.69, 9.17) is 0 Å². The molecule has 5 nitrogen and oxygen atoms in total. The number of halogens is 1. The van der Waals surface area contributed by atoms with Crippen LogP contribution < -0.4 is 5.32 Å². The van der Waals surface area contributed by atoms with Crippen LogP contribution in [0.3, 0.4) is 0 Å². The molecule has 31 heavy (non-hydrogen) atoms. The molecule has 0 aromatic heterocycles. The maximum Gasteiger partial charge on any atom is 0.337 e. The molecule has 154 valence electrons. The number of hydrogen-bond acceptors (Lipinski definition) is 4. The third kappa shape index (κ3) is 5.64. The van der Waals surface area contributed by atoms with Crippen LogP contribution in [0.1, 0.15) is 27.0 Å². The van der Waals surface area contributed by atoms with Gasteiger partial charge in [-0.3, -0.25) is 4.79 Å². The topological polar surface area (TPSA) is 79.2 Å². The Morgan fingerprint density at radius 2 is 1.71 bits per heavy atom. The normalized spacial score (nSPS) is 10.8. The Morgan fingerprint density at radius 3 is 2.32 bits per heavy atom. The van der Waals surface area contributed by atoms with E-state index >= 15 is 0 Å². The highest BCUT2D eigenvalue weighted by Crippen LogP contribution is 2.16. The zero-order chi connectivity index (χ0) is 22.2. The fourth-order valence-corrected chi connectivity index (χ4v) is 2.91. The Morgan fingerprint density at radius 1 is 1.03 bits per heavy atom. The van der Waals surface area contributed by atoms with E-state index in [0.29, 0.717) is 28.8 Å². The second kappa shape index (κ2) is 9.99. The summed E-state index contributed by atoms with van der Waals surface area (Å²) >= 11 is 0. The highest BCUT2D eigenvalue weighted by atomic mass is 19.1. The van der Waals surface area contributed by atoms with Gasteiger partial charge in [-0.1, -0.05) is 42.5 Å². The molecular weight excluding hydrogens is 395 g/mol. The lowest BCUT2D eigenvalue weighted by molar-refractivity contribution is -0.112. The molecule has 0 atom stereocenters. The Kier molecular flexibility index (Phi) is 6.92. The number of ether oxygens (including phenoxy) is 1. The van der Waals surface area contributed by atoms with Gasteiger partial charge in [-0.2, -0.15) is 5.26 Å². The summed E-state index contributed by atoms with van der Waals surface area (Å²) in [4.78, 5) is 23.9. The van der Waals surface area contributed by atoms with Gasteiger partial charge >= 0.3 is 5.97 Å². The number of rotatable bonds is 6. The lowest BCUT2D eigenvalue weighted by atomic mass is 10.0. The fourth-order valence-electron chi connectivity index (χ4n) is 2.91. The summed E-state index contributed by atoms with van der Waals surface area (Å²) in [5, 5.41) is 12.0. The van der Waals surface area contributed by atoms with E-state index in [1.807, 2.05) is 18.2 Å². The largest absolute Gasteiger partial charge is 0.465 e. The van der Waals surface area contributed by atoms with Crippen LogP contribution >= 0.6 is 0 Å². The molecule has 0 saturated heterocycles. The lowest BCUT2D eigenvalue weighted by Crippen LogP contribution is -2.13. The first-order valence-electron chi connectivity index (χ1n) is 9.44. The van der Waals surface area contributed by atoms with Crippen molar-refractivity contribution in [3.63, 3.8) is 0 Å². The molecule has 3 rings (SSSR count). The summed E-state index contributed by atoms with van der Waals surface area (Å²) in [5.74, 6) is -1.30. The van der Waals surface area contributed by atoms with Gasteiger partial charge in [0.15, 0.2) is 0 Å². The van der Waals surface area contributed by atoms with E-state index in [9.17, 15) is 19.2 Å². The van der Waals surface area contributed by atoms with Crippen molar-refractivity contribution in [3.8, 4) is 6.07 Å². The van der Waals surface area contributed by atoms with Gasteiger partial charge in [0.2, 0.25) is 0 Å². The van der Waals surface area contributed by atoms with Crippen molar-refractivity contribution in [2.75, 3.05) is 12.4 Å². The van der Waals surface area contributed by atoms with Crippen LogP contribution in [-0.2, 0) is 16.0 Å². The summed E-state index contributed by atoms with van der Waals surface area (Å²) in [6, 6.07) is 21.8. The van der Waals surface area contributed by atoms with Gasteiger partial charge in [0, 0.05) is 12.1 Å². The van der Waals surface area contributed by atoms with Crippen LogP contribution in [0.5, 0.6) is 0 Å². The maximum absolute atomic E-state index is 13.8. The van der Waals surface area contributed by atoms with Gasteiger partial charge in [-0.05, 0) is 53.1 Å². The van der Waals surface area contributed by atoms with Crippen LogP contribution in [-0.4, -0.2) is 19.0 Å². The molecular formula is C25H19FN2O3. The highest BCUT2D eigenvalue weighted by Gasteiger charge is 2.11. The molecule has 0 aliphatic carbocycles. The second-order valence-corrected chi connectivity index (χ2v) is 6.70. The van der Waals surface area contributed by atoms with Crippen molar-refractivity contribution < 1.29 is 18.7 Å². The van der Waals surface area contributed by atoms with Crippen LogP contribution in [0.2, 0.25) is 0 Å². The van der Waals surface area contributed by atoms with Crippen LogP contribution in [0.25, 0.3) is 6.08 Å². The van der Waals surface area contributed by atoms with E-state index < -0.39 is 11.9 Å². The highest BCUT2D eigenvalue weighted by molar-refractivity contribution is 6.09. The van der Waals surface area contributed by atoms with Crippen LogP contribution in [0, 0.1) is 17.1 Å². The molecule has 1 amide bonds. The van der Waals surface area contributed by atoms with Gasteiger partial charge in [0.05, 0.1) is 12.7 Å². The zero-order valence-electron chi connectivity index (χ0n) is 16.8. The quantitative estimate of drug-likeness (QED) is 0.359. The van der Waals surface area contributed by atoms with Crippen molar-refractivity contribution in [2.45, 2.75) is 6.42 Å². The number of carbonyl (C=O) groups excluding carboxylic acids is 2. The van der Waals surface area contributed by atoms with E-state index in [1.165, 1.54) is 31.4 Å². The number of esters is 1. The van der Waals surface area contributed by atoms with Gasteiger partial charge < -0.3 is 10.1 Å². The van der Waals surface area contributed by atoms with Crippen LogP contribution in [0.15, 0.2) is 78.4 Å². The average Bonchev–Trinajstić information content (AvgIpc) is 2.80. The SMILES string of the molecule is COC(=O)c1ccc(NC(=O)/C(C#N)=C/c2ccc(Cc3ccccc3F)cc2)cc1. The number of nitriles is 1. The van der Waals surface area contributed by atoms with E-state index in [0.717, 1.165) is 5.56 Å². The molecule has 0 spiro atoms. The predicted molar refractivity (Wildman–Crippen MR) is 116 cm³/mol. The number of benzene rings is 3. The third-order valence-corrected chi connectivity index (χ3v) is 4.57. The number of amides is 1. The van der Waals surface area contributed by atoms with Gasteiger partial charge in [0.1, 0.15) is 17.5 Å². The number of hydrogen-bond donors (Lipinski definition) is 1. The number of anilines is 1. The lowest BCUT2D eigenvalue weighted by Gasteiger charge is -2.06. The molecule has 0 heterocycles. The minimum absolute atomic E-state index is 0.0705. The molecule has 0 saturated carbocycles. The number of nitrogens with zero attached hydrogens (tertiary/aromatic N) is 1. The summed E-state index contributed by atoms with van der Waals surface area (Å²) in [6.07, 6.45) is 1.93. The summed E-state index contributed by atoms with van der Waals surface area (Å²) in [6.45, 7) is 0. The molecule has 0 bridgehead atoms. The fraction of sp³-hybridized carbons (Fsp3) is 0.0800. The minimum atomic E-state index is -0.566. The molecule has 0 radical (unpaired) electrons. The van der Waals surface area contributed by atoms with Crippen molar-refractivity contribution in [2.24, 2.45) is 0 Å². The number of nitrogens with one attached hydrogen (secondary N) is 1. The monoisotopic (exact) mass is 414 g/mol. The molecule has 0 aliphatic rings.